The van der Waals surface area contributed by atoms with Crippen LogP contribution in [-0.4, -0.2) is 41.1 Å². The summed E-state index contributed by atoms with van der Waals surface area (Å²) in [6, 6.07) is 0. The van der Waals surface area contributed by atoms with Crippen molar-refractivity contribution in [2.45, 2.75) is 40.0 Å². The third-order valence-electron chi connectivity index (χ3n) is 1.76. The van der Waals surface area contributed by atoms with Crippen molar-refractivity contribution in [1.29, 1.82) is 0 Å². The smallest absolute Gasteiger partial charge is 0.391 e. The van der Waals surface area contributed by atoms with Crippen molar-refractivity contribution in [3.05, 3.63) is 0 Å². The van der Waals surface area contributed by atoms with Crippen LogP contribution in [0.3, 0.4) is 0 Å². The van der Waals surface area contributed by atoms with E-state index in [2.05, 4.69) is 0 Å². The molecule has 0 heterocycles. The van der Waals surface area contributed by atoms with Gasteiger partial charge in [0.15, 0.2) is 0 Å². The SMILES string of the molecule is CCO[Si](OCC)C(C)(OCC)OCC. The van der Waals surface area contributed by atoms with Crippen LogP contribution >= 0.6 is 0 Å². The summed E-state index contributed by atoms with van der Waals surface area (Å²) < 4.78 is 22.4. The normalized spacial score (nSPS) is 12.4. The van der Waals surface area contributed by atoms with Gasteiger partial charge in [-0.15, -0.1) is 0 Å². The molecule has 0 spiro atoms. The van der Waals surface area contributed by atoms with E-state index in [1.54, 1.807) is 0 Å². The van der Waals surface area contributed by atoms with Crippen molar-refractivity contribution in [3.63, 3.8) is 0 Å². The maximum absolute atomic E-state index is 5.61. The molecule has 0 saturated heterocycles. The molecule has 0 N–H and O–H groups in total. The van der Waals surface area contributed by atoms with E-state index in [0.29, 0.717) is 26.4 Å². The fraction of sp³-hybridized carbons (Fsp3) is 1.00. The standard InChI is InChI=1S/C10H23O4Si/c1-6-11-10(5,12-7-2)15(13-8-3)14-9-4/h6-9H2,1-5H3. The second-order valence-corrected chi connectivity index (χ2v) is 5.03. The van der Waals surface area contributed by atoms with E-state index in [4.69, 9.17) is 18.3 Å². The molecule has 0 fully saturated rings. The molecule has 4 nitrogen and oxygen atoms in total. The molecule has 0 atom stereocenters. The number of hydrogen-bond acceptors (Lipinski definition) is 4. The van der Waals surface area contributed by atoms with Gasteiger partial charge in [0.05, 0.1) is 0 Å². The molecule has 91 valence electrons. The van der Waals surface area contributed by atoms with E-state index in [-0.39, 0.29) is 0 Å². The van der Waals surface area contributed by atoms with Crippen molar-refractivity contribution in [2.75, 3.05) is 26.4 Å². The molecule has 0 unspecified atom stereocenters. The van der Waals surface area contributed by atoms with Crippen molar-refractivity contribution >= 4 is 9.28 Å². The van der Waals surface area contributed by atoms with Crippen LogP contribution in [0.5, 0.6) is 0 Å². The third-order valence-corrected chi connectivity index (χ3v) is 3.89. The molecule has 0 aromatic heterocycles. The highest BCUT2D eigenvalue weighted by Crippen LogP contribution is 2.18. The van der Waals surface area contributed by atoms with Crippen molar-refractivity contribution in [1.82, 2.24) is 0 Å². The van der Waals surface area contributed by atoms with Gasteiger partial charge >= 0.3 is 9.28 Å². The van der Waals surface area contributed by atoms with Gasteiger partial charge < -0.3 is 18.3 Å². The van der Waals surface area contributed by atoms with Gasteiger partial charge in [-0.3, -0.25) is 0 Å². The zero-order valence-electron chi connectivity index (χ0n) is 10.5. The predicted octanol–water partition coefficient (Wildman–Crippen LogP) is 1.88. The Kier molecular flexibility index (Phi) is 8.27. The number of hydrogen-bond donors (Lipinski definition) is 0. The zero-order valence-corrected chi connectivity index (χ0v) is 11.5. The molecule has 0 saturated carbocycles. The van der Waals surface area contributed by atoms with Crippen LogP contribution in [0.15, 0.2) is 0 Å². The Morgan fingerprint density at radius 3 is 1.47 bits per heavy atom. The van der Waals surface area contributed by atoms with Crippen LogP contribution in [0, 0.1) is 0 Å². The van der Waals surface area contributed by atoms with Crippen molar-refractivity contribution in [3.8, 4) is 0 Å². The highest BCUT2D eigenvalue weighted by molar-refractivity contribution is 6.47. The van der Waals surface area contributed by atoms with Crippen molar-refractivity contribution < 1.29 is 18.3 Å². The molecule has 1 radical (unpaired) electrons. The second kappa shape index (κ2) is 8.24. The summed E-state index contributed by atoms with van der Waals surface area (Å²) in [5.41, 5.74) is -0.722. The molecule has 15 heavy (non-hydrogen) atoms. The molecule has 5 heteroatoms. The van der Waals surface area contributed by atoms with Gasteiger partial charge in [0.2, 0.25) is 5.41 Å². The van der Waals surface area contributed by atoms with E-state index in [0.717, 1.165) is 0 Å². The lowest BCUT2D eigenvalue weighted by atomic mass is 10.7. The van der Waals surface area contributed by atoms with Gasteiger partial charge in [-0.1, -0.05) is 0 Å². The van der Waals surface area contributed by atoms with Gasteiger partial charge in [-0.2, -0.15) is 0 Å². The minimum absolute atomic E-state index is 0.588. The Morgan fingerprint density at radius 1 is 0.800 bits per heavy atom. The first kappa shape index (κ1) is 15.1. The molecule has 0 rings (SSSR count). The quantitative estimate of drug-likeness (QED) is 0.452. The number of ether oxygens (including phenoxy) is 2. The highest BCUT2D eigenvalue weighted by Gasteiger charge is 2.42. The first-order valence-corrected chi connectivity index (χ1v) is 6.87. The minimum Gasteiger partial charge on any atom is -0.391 e. The lowest BCUT2D eigenvalue weighted by molar-refractivity contribution is -0.184. The molecule has 0 amide bonds. The van der Waals surface area contributed by atoms with E-state index in [9.17, 15) is 0 Å². The van der Waals surface area contributed by atoms with Crippen LogP contribution in [0.2, 0.25) is 0 Å². The summed E-state index contributed by atoms with van der Waals surface area (Å²) in [4.78, 5) is 0. The van der Waals surface area contributed by atoms with E-state index < -0.39 is 14.7 Å². The molecular formula is C10H23O4Si. The van der Waals surface area contributed by atoms with Crippen molar-refractivity contribution in [2.24, 2.45) is 0 Å². The summed E-state index contributed by atoms with van der Waals surface area (Å²) in [6.07, 6.45) is 0. The summed E-state index contributed by atoms with van der Waals surface area (Å²) in [7, 11) is -1.55. The lowest BCUT2D eigenvalue weighted by Crippen LogP contribution is -2.52. The first-order valence-electron chi connectivity index (χ1n) is 5.55. The van der Waals surface area contributed by atoms with Crippen LogP contribution in [0.4, 0.5) is 0 Å². The van der Waals surface area contributed by atoms with Gasteiger partial charge in [-0.05, 0) is 34.6 Å². The molecule has 0 aliphatic carbocycles. The Bertz CT molecular complexity index is 142. The molecular weight excluding hydrogens is 212 g/mol. The maximum atomic E-state index is 5.61. The van der Waals surface area contributed by atoms with Gasteiger partial charge in [0, 0.05) is 26.4 Å². The van der Waals surface area contributed by atoms with E-state index in [1.807, 2.05) is 34.6 Å². The average molecular weight is 235 g/mol. The van der Waals surface area contributed by atoms with Crippen LogP contribution in [0.1, 0.15) is 34.6 Å². The third kappa shape index (κ3) is 5.08. The molecule has 0 bridgehead atoms. The predicted molar refractivity (Wildman–Crippen MR) is 60.7 cm³/mol. The highest BCUT2D eigenvalue weighted by atomic mass is 28.3. The Morgan fingerprint density at radius 2 is 1.20 bits per heavy atom. The topological polar surface area (TPSA) is 36.9 Å². The Hall–Kier alpha value is 0.0569. The van der Waals surface area contributed by atoms with Gasteiger partial charge in [-0.25, -0.2) is 0 Å². The molecule has 0 aromatic carbocycles. The Balaban J connectivity index is 4.48. The largest absolute Gasteiger partial charge is 0.450 e. The molecule has 0 aromatic rings. The minimum atomic E-state index is -1.55. The lowest BCUT2D eigenvalue weighted by Gasteiger charge is -2.32. The van der Waals surface area contributed by atoms with Crippen LogP contribution < -0.4 is 0 Å². The monoisotopic (exact) mass is 235 g/mol. The summed E-state index contributed by atoms with van der Waals surface area (Å²) in [6.45, 7) is 12.1. The molecule has 0 aliphatic rings. The Labute approximate surface area is 94.7 Å². The van der Waals surface area contributed by atoms with Crippen LogP contribution in [-0.2, 0) is 18.3 Å². The fourth-order valence-corrected chi connectivity index (χ4v) is 2.93. The summed E-state index contributed by atoms with van der Waals surface area (Å²) >= 11 is 0. The van der Waals surface area contributed by atoms with E-state index >= 15 is 0 Å². The summed E-state index contributed by atoms with van der Waals surface area (Å²) in [5.74, 6) is 0. The average Bonchev–Trinajstić information content (AvgIpc) is 2.18. The maximum Gasteiger partial charge on any atom is 0.450 e. The van der Waals surface area contributed by atoms with Gasteiger partial charge in [0.1, 0.15) is 0 Å². The zero-order chi connectivity index (χ0) is 11.7. The number of rotatable bonds is 9. The van der Waals surface area contributed by atoms with Gasteiger partial charge in [0.25, 0.3) is 0 Å². The van der Waals surface area contributed by atoms with E-state index in [1.165, 1.54) is 0 Å². The first-order chi connectivity index (χ1) is 7.14. The fourth-order valence-electron chi connectivity index (χ4n) is 1.28. The second-order valence-electron chi connectivity index (χ2n) is 2.97. The molecule has 0 aliphatic heterocycles. The van der Waals surface area contributed by atoms with Crippen LogP contribution in [0.25, 0.3) is 0 Å². The summed E-state index contributed by atoms with van der Waals surface area (Å²) in [5, 5.41) is 0.